The molecule has 0 aliphatic rings. The number of anilines is 2. The van der Waals surface area contributed by atoms with Crippen molar-refractivity contribution in [1.82, 2.24) is 9.97 Å². The molecule has 6 nitrogen and oxygen atoms in total. The summed E-state index contributed by atoms with van der Waals surface area (Å²) >= 11 is 0. The Morgan fingerprint density at radius 2 is 1.90 bits per heavy atom. The number of benzene rings is 1. The molecule has 1 aromatic carbocycles. The van der Waals surface area contributed by atoms with Crippen molar-refractivity contribution in [2.24, 2.45) is 0 Å². The van der Waals surface area contributed by atoms with Gasteiger partial charge in [0, 0.05) is 0 Å². The molecule has 6 heteroatoms. The van der Waals surface area contributed by atoms with Gasteiger partial charge in [0.05, 0.1) is 12.7 Å². The van der Waals surface area contributed by atoms with Crippen LogP contribution in [0.5, 0.6) is 5.75 Å². The van der Waals surface area contributed by atoms with E-state index in [1.165, 1.54) is 0 Å². The maximum atomic E-state index is 11.8. The van der Waals surface area contributed by atoms with Gasteiger partial charge in [0.15, 0.2) is 5.82 Å². The quantitative estimate of drug-likeness (QED) is 0.782. The lowest BCUT2D eigenvalue weighted by Gasteiger charge is -2.21. The molecule has 5 N–H and O–H groups in total. The summed E-state index contributed by atoms with van der Waals surface area (Å²) in [6.07, 6.45) is 0. The van der Waals surface area contributed by atoms with E-state index in [1.54, 1.807) is 7.11 Å². The van der Waals surface area contributed by atoms with Crippen molar-refractivity contribution < 1.29 is 4.74 Å². The highest BCUT2D eigenvalue weighted by atomic mass is 16.5. The van der Waals surface area contributed by atoms with Crippen LogP contribution < -0.4 is 21.8 Å². The average molecular weight is 288 g/mol. The van der Waals surface area contributed by atoms with E-state index in [9.17, 15) is 4.79 Å². The minimum Gasteiger partial charge on any atom is -0.496 e. The molecule has 1 aromatic heterocycles. The summed E-state index contributed by atoms with van der Waals surface area (Å²) in [4.78, 5) is 18.6. The Balaban J connectivity index is 2.70. The third-order valence-electron chi connectivity index (χ3n) is 3.31. The summed E-state index contributed by atoms with van der Waals surface area (Å²) in [6.45, 7) is 6.31. The molecule has 2 aromatic rings. The smallest absolute Gasteiger partial charge is 0.276 e. The lowest BCUT2D eigenvalue weighted by Crippen LogP contribution is -2.17. The van der Waals surface area contributed by atoms with Crippen molar-refractivity contribution in [1.29, 1.82) is 0 Å². The van der Waals surface area contributed by atoms with Crippen LogP contribution in [0.25, 0.3) is 11.4 Å². The van der Waals surface area contributed by atoms with Crippen LogP contribution in [0, 0.1) is 0 Å². The third kappa shape index (κ3) is 2.84. The number of hydrogen-bond donors (Lipinski definition) is 3. The van der Waals surface area contributed by atoms with Gasteiger partial charge in [0.25, 0.3) is 5.56 Å². The first-order valence-electron chi connectivity index (χ1n) is 6.58. The minimum atomic E-state index is -0.458. The number of aromatic nitrogens is 2. The fourth-order valence-electron chi connectivity index (χ4n) is 1.99. The molecule has 0 saturated carbocycles. The summed E-state index contributed by atoms with van der Waals surface area (Å²) in [7, 11) is 1.56. The van der Waals surface area contributed by atoms with Crippen LogP contribution in [0.2, 0.25) is 0 Å². The number of hydrogen-bond acceptors (Lipinski definition) is 5. The van der Waals surface area contributed by atoms with Crippen LogP contribution in [0.15, 0.2) is 23.0 Å². The largest absolute Gasteiger partial charge is 0.496 e. The number of nitrogen functional groups attached to an aromatic ring is 2. The Morgan fingerprint density at radius 3 is 2.43 bits per heavy atom. The SMILES string of the molecule is COc1ccc(C(C)(C)C)cc1-c1nc(N)c(N)c(=O)[nH]1. The van der Waals surface area contributed by atoms with Crippen molar-refractivity contribution >= 4 is 11.5 Å². The highest BCUT2D eigenvalue weighted by Gasteiger charge is 2.18. The molecule has 112 valence electrons. The number of methoxy groups -OCH3 is 1. The Morgan fingerprint density at radius 1 is 1.24 bits per heavy atom. The van der Waals surface area contributed by atoms with Crippen molar-refractivity contribution in [2.75, 3.05) is 18.6 Å². The number of aromatic amines is 1. The van der Waals surface area contributed by atoms with E-state index in [4.69, 9.17) is 16.2 Å². The molecule has 0 radical (unpaired) electrons. The van der Waals surface area contributed by atoms with Crippen molar-refractivity contribution in [3.8, 4) is 17.1 Å². The standard InChI is InChI=1S/C15H20N4O2/c1-15(2,3)8-5-6-10(21-4)9(7-8)13-18-12(17)11(16)14(20)19-13/h5-7H,16H2,1-4H3,(H3,17,18,19,20). The Labute approximate surface area is 123 Å². The summed E-state index contributed by atoms with van der Waals surface area (Å²) in [6, 6.07) is 5.77. The van der Waals surface area contributed by atoms with Crippen LogP contribution in [0.3, 0.4) is 0 Å². The number of nitrogens with two attached hydrogens (primary N) is 2. The van der Waals surface area contributed by atoms with Gasteiger partial charge in [-0.3, -0.25) is 4.79 Å². The van der Waals surface area contributed by atoms with Crippen molar-refractivity contribution in [3.05, 3.63) is 34.1 Å². The van der Waals surface area contributed by atoms with E-state index in [-0.39, 0.29) is 16.9 Å². The van der Waals surface area contributed by atoms with Gasteiger partial charge in [-0.2, -0.15) is 0 Å². The van der Waals surface area contributed by atoms with E-state index >= 15 is 0 Å². The normalized spacial score (nSPS) is 11.4. The van der Waals surface area contributed by atoms with Gasteiger partial charge in [-0.1, -0.05) is 26.8 Å². The molecule has 0 fully saturated rings. The summed E-state index contributed by atoms with van der Waals surface area (Å²) in [5, 5.41) is 0. The second-order valence-corrected chi connectivity index (χ2v) is 5.88. The second-order valence-electron chi connectivity index (χ2n) is 5.88. The number of ether oxygens (including phenoxy) is 1. The molecule has 0 aliphatic heterocycles. The van der Waals surface area contributed by atoms with Gasteiger partial charge in [-0.15, -0.1) is 0 Å². The maximum Gasteiger partial charge on any atom is 0.276 e. The highest BCUT2D eigenvalue weighted by molar-refractivity contribution is 5.69. The van der Waals surface area contributed by atoms with E-state index in [1.807, 2.05) is 18.2 Å². The molecule has 0 atom stereocenters. The van der Waals surface area contributed by atoms with Crippen LogP contribution in [-0.4, -0.2) is 17.1 Å². The molecule has 2 rings (SSSR count). The summed E-state index contributed by atoms with van der Waals surface area (Å²) in [5.74, 6) is 0.960. The van der Waals surface area contributed by atoms with E-state index in [2.05, 4.69) is 30.7 Å². The molecule has 0 aliphatic carbocycles. The predicted molar refractivity (Wildman–Crippen MR) is 84.4 cm³/mol. The van der Waals surface area contributed by atoms with Crippen LogP contribution in [0.1, 0.15) is 26.3 Å². The van der Waals surface area contributed by atoms with Gasteiger partial charge in [0.1, 0.15) is 17.3 Å². The van der Waals surface area contributed by atoms with Gasteiger partial charge in [0.2, 0.25) is 0 Å². The first-order chi connectivity index (χ1) is 9.74. The predicted octanol–water partition coefficient (Wildman–Crippen LogP) is 1.91. The zero-order valence-electron chi connectivity index (χ0n) is 12.7. The average Bonchev–Trinajstić information content (AvgIpc) is 2.42. The first-order valence-corrected chi connectivity index (χ1v) is 6.58. The van der Waals surface area contributed by atoms with Crippen LogP contribution >= 0.6 is 0 Å². The zero-order valence-corrected chi connectivity index (χ0v) is 12.7. The molecule has 0 saturated heterocycles. The molecule has 21 heavy (non-hydrogen) atoms. The van der Waals surface area contributed by atoms with Crippen molar-refractivity contribution in [2.45, 2.75) is 26.2 Å². The van der Waals surface area contributed by atoms with E-state index in [0.717, 1.165) is 5.56 Å². The number of nitrogens with zero attached hydrogens (tertiary/aromatic N) is 1. The maximum absolute atomic E-state index is 11.8. The van der Waals surface area contributed by atoms with Crippen LogP contribution in [0.4, 0.5) is 11.5 Å². The lowest BCUT2D eigenvalue weighted by molar-refractivity contribution is 0.415. The number of nitrogens with one attached hydrogen (secondary N) is 1. The van der Waals surface area contributed by atoms with Crippen LogP contribution in [-0.2, 0) is 5.41 Å². The molecular formula is C15H20N4O2. The highest BCUT2D eigenvalue weighted by Crippen LogP contribution is 2.33. The van der Waals surface area contributed by atoms with E-state index < -0.39 is 5.56 Å². The second kappa shape index (κ2) is 5.12. The Bertz CT molecular complexity index is 729. The molecule has 0 unspecified atom stereocenters. The van der Waals surface area contributed by atoms with Gasteiger partial charge in [-0.05, 0) is 23.1 Å². The molecule has 0 amide bonds. The Kier molecular flexibility index (Phi) is 3.63. The number of rotatable bonds is 2. The molecule has 0 spiro atoms. The fourth-order valence-corrected chi connectivity index (χ4v) is 1.99. The zero-order chi connectivity index (χ0) is 15.8. The summed E-state index contributed by atoms with van der Waals surface area (Å²) in [5.41, 5.74) is 12.4. The van der Waals surface area contributed by atoms with Gasteiger partial charge in [-0.25, -0.2) is 4.98 Å². The lowest BCUT2D eigenvalue weighted by atomic mass is 9.86. The molecule has 0 bridgehead atoms. The van der Waals surface area contributed by atoms with E-state index in [0.29, 0.717) is 17.1 Å². The minimum absolute atomic E-state index is 0.0111. The molecule has 1 heterocycles. The molecular weight excluding hydrogens is 268 g/mol. The van der Waals surface area contributed by atoms with Gasteiger partial charge >= 0.3 is 0 Å². The van der Waals surface area contributed by atoms with Crippen molar-refractivity contribution in [3.63, 3.8) is 0 Å². The van der Waals surface area contributed by atoms with Gasteiger partial charge < -0.3 is 21.2 Å². The fraction of sp³-hybridized carbons (Fsp3) is 0.333. The topological polar surface area (TPSA) is 107 Å². The Hall–Kier alpha value is -2.50. The number of H-pyrrole nitrogens is 1. The third-order valence-corrected chi connectivity index (χ3v) is 3.31. The summed E-state index contributed by atoms with van der Waals surface area (Å²) < 4.78 is 5.34. The first kappa shape index (κ1) is 14.9. The monoisotopic (exact) mass is 288 g/mol.